The number of amides is 1. The van der Waals surface area contributed by atoms with Gasteiger partial charge in [0.05, 0.1) is 11.3 Å². The van der Waals surface area contributed by atoms with Crippen molar-refractivity contribution in [3.05, 3.63) is 64.7 Å². The fourth-order valence-electron chi connectivity index (χ4n) is 2.01. The van der Waals surface area contributed by atoms with Crippen molar-refractivity contribution in [2.45, 2.75) is 0 Å². The summed E-state index contributed by atoms with van der Waals surface area (Å²) in [5.74, 6) is -0.0853. The highest BCUT2D eigenvalue weighted by molar-refractivity contribution is 7.81. The molecule has 0 N–H and O–H groups in total. The normalized spacial score (nSPS) is 13.9. The number of nitrogens with zero attached hydrogens (tertiary/aromatic N) is 1. The molecule has 1 aliphatic heterocycles. The van der Waals surface area contributed by atoms with E-state index < -0.39 is 0 Å². The Morgan fingerprint density at radius 3 is 2.17 bits per heavy atom. The van der Waals surface area contributed by atoms with Gasteiger partial charge in [0, 0.05) is 10.6 Å². The third kappa shape index (κ3) is 1.64. The zero-order valence-corrected chi connectivity index (χ0v) is 10.8. The molecule has 0 saturated heterocycles. The third-order valence-corrected chi connectivity index (χ3v) is 3.53. The fraction of sp³-hybridized carbons (Fsp3) is 0. The van der Waals surface area contributed by atoms with Gasteiger partial charge in [-0.3, -0.25) is 9.69 Å². The van der Waals surface area contributed by atoms with Crippen molar-refractivity contribution in [2.75, 3.05) is 4.90 Å². The minimum atomic E-state index is -0.0853. The number of fused-ring (bicyclic) bond motifs is 1. The summed E-state index contributed by atoms with van der Waals surface area (Å²) in [6.45, 7) is 0. The molecule has 3 rings (SSSR count). The van der Waals surface area contributed by atoms with Crippen LogP contribution in [0.25, 0.3) is 0 Å². The van der Waals surface area contributed by atoms with Gasteiger partial charge >= 0.3 is 0 Å². The van der Waals surface area contributed by atoms with E-state index >= 15 is 0 Å². The number of carbonyl (C=O) groups is 1. The topological polar surface area (TPSA) is 20.3 Å². The second-order valence-electron chi connectivity index (χ2n) is 3.97. The largest absolute Gasteiger partial charge is 0.268 e. The summed E-state index contributed by atoms with van der Waals surface area (Å²) >= 11 is 11.2. The first-order valence-electron chi connectivity index (χ1n) is 5.42. The number of benzene rings is 2. The maximum atomic E-state index is 12.3. The number of carbonyl (C=O) groups excluding carboxylic acids is 1. The summed E-state index contributed by atoms with van der Waals surface area (Å²) in [5.41, 5.74) is 2.20. The standard InChI is InChI=1S/C14H8ClNOS/c15-9-5-7-10(8-6-9)16-13(17)11-3-1-2-4-12(11)14(16)18/h1-8H. The van der Waals surface area contributed by atoms with Crippen molar-refractivity contribution >= 4 is 40.4 Å². The van der Waals surface area contributed by atoms with Crippen LogP contribution in [0.2, 0.25) is 5.02 Å². The van der Waals surface area contributed by atoms with Gasteiger partial charge in [-0.1, -0.05) is 42.0 Å². The Kier molecular flexibility index (Phi) is 2.65. The molecule has 0 radical (unpaired) electrons. The number of hydrogen-bond acceptors (Lipinski definition) is 2. The molecular weight excluding hydrogens is 266 g/mol. The maximum absolute atomic E-state index is 12.3. The summed E-state index contributed by atoms with van der Waals surface area (Å²) in [6, 6.07) is 14.4. The first-order valence-corrected chi connectivity index (χ1v) is 6.20. The molecule has 1 amide bonds. The van der Waals surface area contributed by atoms with E-state index in [0.29, 0.717) is 15.6 Å². The second-order valence-corrected chi connectivity index (χ2v) is 4.79. The molecule has 0 aliphatic carbocycles. The summed E-state index contributed by atoms with van der Waals surface area (Å²) in [4.78, 5) is 14.4. The van der Waals surface area contributed by atoms with E-state index in [-0.39, 0.29) is 5.91 Å². The van der Waals surface area contributed by atoms with Gasteiger partial charge in [0.1, 0.15) is 4.99 Å². The van der Waals surface area contributed by atoms with Gasteiger partial charge < -0.3 is 0 Å². The van der Waals surface area contributed by atoms with Crippen LogP contribution in [0.5, 0.6) is 0 Å². The highest BCUT2D eigenvalue weighted by Gasteiger charge is 2.32. The molecule has 18 heavy (non-hydrogen) atoms. The Balaban J connectivity index is 2.09. The lowest BCUT2D eigenvalue weighted by molar-refractivity contribution is 0.101. The van der Waals surface area contributed by atoms with E-state index in [1.165, 1.54) is 4.90 Å². The van der Waals surface area contributed by atoms with E-state index in [0.717, 1.165) is 11.3 Å². The first kappa shape index (κ1) is 11.4. The Morgan fingerprint density at radius 1 is 0.944 bits per heavy atom. The van der Waals surface area contributed by atoms with Gasteiger partial charge in [0.2, 0.25) is 0 Å². The van der Waals surface area contributed by atoms with Gasteiger partial charge in [-0.05, 0) is 30.3 Å². The second kappa shape index (κ2) is 4.19. The number of thiocarbonyl (C=S) groups is 1. The van der Waals surface area contributed by atoms with Gasteiger partial charge in [0.15, 0.2) is 0 Å². The Labute approximate surface area is 115 Å². The van der Waals surface area contributed by atoms with Crippen LogP contribution in [0.4, 0.5) is 5.69 Å². The molecule has 2 nitrogen and oxygen atoms in total. The molecule has 1 aliphatic rings. The molecule has 0 fully saturated rings. The predicted molar refractivity (Wildman–Crippen MR) is 76.4 cm³/mol. The molecule has 0 bridgehead atoms. The number of hydrogen-bond donors (Lipinski definition) is 0. The smallest absolute Gasteiger partial charge is 0.264 e. The van der Waals surface area contributed by atoms with Gasteiger partial charge in [-0.25, -0.2) is 0 Å². The van der Waals surface area contributed by atoms with Crippen molar-refractivity contribution in [3.63, 3.8) is 0 Å². The molecule has 2 aromatic rings. The first-order chi connectivity index (χ1) is 8.68. The van der Waals surface area contributed by atoms with Gasteiger partial charge in [-0.2, -0.15) is 0 Å². The van der Waals surface area contributed by atoms with Crippen LogP contribution in [0.3, 0.4) is 0 Å². The highest BCUT2D eigenvalue weighted by Crippen LogP contribution is 2.29. The van der Waals surface area contributed by atoms with Crippen LogP contribution in [0, 0.1) is 0 Å². The van der Waals surface area contributed by atoms with E-state index in [1.807, 2.05) is 18.2 Å². The summed E-state index contributed by atoms with van der Waals surface area (Å²) in [6.07, 6.45) is 0. The van der Waals surface area contributed by atoms with Gasteiger partial charge in [-0.15, -0.1) is 0 Å². The van der Waals surface area contributed by atoms with Crippen molar-refractivity contribution in [1.29, 1.82) is 0 Å². The average molecular weight is 274 g/mol. The monoisotopic (exact) mass is 273 g/mol. The molecule has 88 valence electrons. The molecular formula is C14H8ClNOS. The lowest BCUT2D eigenvalue weighted by Crippen LogP contribution is -2.28. The predicted octanol–water partition coefficient (Wildman–Crippen LogP) is 3.68. The molecule has 1 heterocycles. The van der Waals surface area contributed by atoms with Crippen LogP contribution in [-0.4, -0.2) is 10.9 Å². The van der Waals surface area contributed by atoms with Crippen LogP contribution in [0.15, 0.2) is 48.5 Å². The molecule has 0 spiro atoms. The van der Waals surface area contributed by atoms with Crippen molar-refractivity contribution in [2.24, 2.45) is 0 Å². The zero-order chi connectivity index (χ0) is 12.7. The third-order valence-electron chi connectivity index (χ3n) is 2.88. The molecule has 0 unspecified atom stereocenters. The van der Waals surface area contributed by atoms with E-state index in [1.54, 1.807) is 30.3 Å². The summed E-state index contributed by atoms with van der Waals surface area (Å²) in [7, 11) is 0. The maximum Gasteiger partial charge on any atom is 0.264 e. The van der Waals surface area contributed by atoms with Crippen LogP contribution in [-0.2, 0) is 0 Å². The van der Waals surface area contributed by atoms with Crippen LogP contribution in [0.1, 0.15) is 15.9 Å². The van der Waals surface area contributed by atoms with E-state index in [2.05, 4.69) is 0 Å². The van der Waals surface area contributed by atoms with Crippen molar-refractivity contribution < 1.29 is 4.79 Å². The number of anilines is 1. The quantitative estimate of drug-likeness (QED) is 0.739. The Morgan fingerprint density at radius 2 is 1.56 bits per heavy atom. The van der Waals surface area contributed by atoms with E-state index in [4.69, 9.17) is 23.8 Å². The number of halogens is 1. The highest BCUT2D eigenvalue weighted by atomic mass is 35.5. The summed E-state index contributed by atoms with van der Waals surface area (Å²) < 4.78 is 0. The van der Waals surface area contributed by atoms with Crippen molar-refractivity contribution in [3.8, 4) is 0 Å². The van der Waals surface area contributed by atoms with E-state index in [9.17, 15) is 4.79 Å². The lowest BCUT2D eigenvalue weighted by atomic mass is 10.1. The molecule has 0 saturated carbocycles. The minimum absolute atomic E-state index is 0.0853. The van der Waals surface area contributed by atoms with Crippen LogP contribution < -0.4 is 4.90 Å². The van der Waals surface area contributed by atoms with Crippen LogP contribution >= 0.6 is 23.8 Å². The minimum Gasteiger partial charge on any atom is -0.268 e. The zero-order valence-electron chi connectivity index (χ0n) is 9.26. The Hall–Kier alpha value is -1.71. The van der Waals surface area contributed by atoms with Gasteiger partial charge in [0.25, 0.3) is 5.91 Å². The molecule has 2 aromatic carbocycles. The summed E-state index contributed by atoms with van der Waals surface area (Å²) in [5, 5.41) is 0.633. The fourth-order valence-corrected chi connectivity index (χ4v) is 2.51. The SMILES string of the molecule is O=C1c2ccccc2C(=S)N1c1ccc(Cl)cc1. The molecule has 0 aromatic heterocycles. The number of rotatable bonds is 1. The van der Waals surface area contributed by atoms with Crippen molar-refractivity contribution in [1.82, 2.24) is 0 Å². The lowest BCUT2D eigenvalue weighted by Gasteiger charge is -2.15. The Bertz CT molecular complexity index is 616. The molecule has 4 heteroatoms. The molecule has 0 atom stereocenters. The average Bonchev–Trinajstić information content (AvgIpc) is 2.64.